The normalized spacial score (nSPS) is 17.5. The highest BCUT2D eigenvalue weighted by atomic mass is 35.5. The summed E-state index contributed by atoms with van der Waals surface area (Å²) in [7, 11) is 0. The van der Waals surface area contributed by atoms with Crippen LogP contribution in [0.1, 0.15) is 46.1 Å². The highest BCUT2D eigenvalue weighted by Crippen LogP contribution is 2.24. The van der Waals surface area contributed by atoms with E-state index in [1.807, 2.05) is 19.9 Å². The number of nitrogens with zero attached hydrogens (tertiary/aromatic N) is 1. The predicted octanol–water partition coefficient (Wildman–Crippen LogP) is 3.82. The molecule has 1 aliphatic rings. The number of halogens is 1. The Morgan fingerprint density at radius 3 is 2.37 bits per heavy atom. The van der Waals surface area contributed by atoms with E-state index in [1.54, 1.807) is 24.0 Å². The molecule has 0 spiro atoms. The maximum atomic E-state index is 12.7. The lowest BCUT2D eigenvalue weighted by atomic mass is 9.94. The third-order valence-electron chi connectivity index (χ3n) is 5.34. The van der Waals surface area contributed by atoms with Gasteiger partial charge in [0.05, 0.1) is 0 Å². The Balaban J connectivity index is 1.85. The van der Waals surface area contributed by atoms with E-state index in [9.17, 15) is 9.59 Å². The van der Waals surface area contributed by atoms with Gasteiger partial charge in [-0.2, -0.15) is 0 Å². The lowest BCUT2D eigenvalue weighted by molar-refractivity contribution is -0.141. The van der Waals surface area contributed by atoms with Crippen LogP contribution in [0.5, 0.6) is 5.75 Å². The molecule has 2 atom stereocenters. The van der Waals surface area contributed by atoms with E-state index in [-0.39, 0.29) is 23.8 Å². The first kappa shape index (κ1) is 21.5. The molecule has 150 valence electrons. The summed E-state index contributed by atoms with van der Waals surface area (Å²) in [5.74, 6) is 1.11. The van der Waals surface area contributed by atoms with Crippen molar-refractivity contribution in [2.24, 2.45) is 11.8 Å². The van der Waals surface area contributed by atoms with Crippen molar-refractivity contribution in [3.8, 4) is 5.75 Å². The van der Waals surface area contributed by atoms with Gasteiger partial charge in [-0.3, -0.25) is 9.59 Å². The summed E-state index contributed by atoms with van der Waals surface area (Å²) in [5, 5.41) is 3.73. The highest BCUT2D eigenvalue weighted by molar-refractivity contribution is 6.30. The number of ether oxygens (including phenoxy) is 1. The number of carbonyl (C=O) groups is 2. The van der Waals surface area contributed by atoms with Crippen molar-refractivity contribution in [1.29, 1.82) is 0 Å². The third-order valence-corrected chi connectivity index (χ3v) is 5.57. The zero-order chi connectivity index (χ0) is 20.1. The average Bonchev–Trinajstić information content (AvgIpc) is 2.63. The fourth-order valence-electron chi connectivity index (χ4n) is 3.11. The standard InChI is InChI=1S/C21H31ClN2O3/c1-13(2)15(4)23-20(25)17-8-10-24(11-9-17)21(26)16(5)27-19-7-6-18(22)12-14(19)3/h6-7,12-13,15-17H,8-11H2,1-5H3,(H,23,25). The second-order valence-corrected chi connectivity index (χ2v) is 8.25. The van der Waals surface area contributed by atoms with Crippen molar-refractivity contribution in [1.82, 2.24) is 10.2 Å². The summed E-state index contributed by atoms with van der Waals surface area (Å²) in [6.07, 6.45) is 0.806. The van der Waals surface area contributed by atoms with Crippen LogP contribution >= 0.6 is 11.6 Å². The quantitative estimate of drug-likeness (QED) is 0.797. The Bertz CT molecular complexity index is 669. The van der Waals surface area contributed by atoms with Crippen molar-refractivity contribution in [3.63, 3.8) is 0 Å². The summed E-state index contributed by atoms with van der Waals surface area (Å²) in [4.78, 5) is 26.9. The molecule has 2 amide bonds. The van der Waals surface area contributed by atoms with Crippen molar-refractivity contribution >= 4 is 23.4 Å². The second kappa shape index (κ2) is 9.45. The topological polar surface area (TPSA) is 58.6 Å². The predicted molar refractivity (Wildman–Crippen MR) is 108 cm³/mol. The average molecular weight is 395 g/mol. The number of piperidine rings is 1. The van der Waals surface area contributed by atoms with Gasteiger partial charge in [0.2, 0.25) is 5.91 Å². The first-order valence-electron chi connectivity index (χ1n) is 9.71. The zero-order valence-corrected chi connectivity index (χ0v) is 17.7. The Kier molecular flexibility index (Phi) is 7.54. The molecule has 0 bridgehead atoms. The van der Waals surface area contributed by atoms with Crippen molar-refractivity contribution in [2.75, 3.05) is 13.1 Å². The summed E-state index contributed by atoms with van der Waals surface area (Å²) in [6.45, 7) is 11.0. The second-order valence-electron chi connectivity index (χ2n) is 7.81. The van der Waals surface area contributed by atoms with Crippen LogP contribution in [0.25, 0.3) is 0 Å². The molecule has 1 saturated heterocycles. The molecular weight excluding hydrogens is 364 g/mol. The Labute approximate surface area is 167 Å². The molecule has 1 aliphatic heterocycles. The number of amides is 2. The van der Waals surface area contributed by atoms with Gasteiger partial charge in [-0.05, 0) is 63.3 Å². The Morgan fingerprint density at radius 2 is 1.81 bits per heavy atom. The molecule has 1 heterocycles. The summed E-state index contributed by atoms with van der Waals surface area (Å²) >= 11 is 5.96. The minimum atomic E-state index is -0.573. The Morgan fingerprint density at radius 1 is 1.19 bits per heavy atom. The molecule has 0 saturated carbocycles. The first-order chi connectivity index (χ1) is 12.7. The largest absolute Gasteiger partial charge is 0.481 e. The summed E-state index contributed by atoms with van der Waals surface area (Å²) in [5.41, 5.74) is 0.900. The summed E-state index contributed by atoms with van der Waals surface area (Å²) in [6, 6.07) is 5.52. The molecule has 2 rings (SSSR count). The van der Waals surface area contributed by atoms with E-state index in [0.29, 0.717) is 42.6 Å². The molecule has 2 unspecified atom stereocenters. The molecule has 1 fully saturated rings. The van der Waals surface area contributed by atoms with Gasteiger partial charge in [0.15, 0.2) is 6.10 Å². The monoisotopic (exact) mass is 394 g/mol. The fraction of sp³-hybridized carbons (Fsp3) is 0.619. The lowest BCUT2D eigenvalue weighted by Gasteiger charge is -2.33. The zero-order valence-electron chi connectivity index (χ0n) is 16.9. The lowest BCUT2D eigenvalue weighted by Crippen LogP contribution is -2.48. The number of hydrogen-bond donors (Lipinski definition) is 1. The van der Waals surface area contributed by atoms with E-state index < -0.39 is 6.10 Å². The van der Waals surface area contributed by atoms with E-state index in [2.05, 4.69) is 19.2 Å². The number of rotatable bonds is 6. The van der Waals surface area contributed by atoms with Crippen LogP contribution in [-0.4, -0.2) is 41.9 Å². The molecule has 1 aromatic carbocycles. The van der Waals surface area contributed by atoms with Crippen molar-refractivity contribution in [3.05, 3.63) is 28.8 Å². The SMILES string of the molecule is Cc1cc(Cl)ccc1OC(C)C(=O)N1CCC(C(=O)NC(C)C(C)C)CC1. The third kappa shape index (κ3) is 5.86. The van der Waals surface area contributed by atoms with Gasteiger partial charge < -0.3 is 15.0 Å². The number of carbonyl (C=O) groups excluding carboxylic acids is 2. The maximum Gasteiger partial charge on any atom is 0.263 e. The molecule has 1 N–H and O–H groups in total. The molecule has 5 nitrogen and oxygen atoms in total. The van der Waals surface area contributed by atoms with E-state index >= 15 is 0 Å². The number of hydrogen-bond acceptors (Lipinski definition) is 3. The molecular formula is C21H31ClN2O3. The Hall–Kier alpha value is -1.75. The molecule has 27 heavy (non-hydrogen) atoms. The van der Waals surface area contributed by atoms with E-state index in [1.165, 1.54) is 0 Å². The van der Waals surface area contributed by atoms with Crippen LogP contribution in [0.3, 0.4) is 0 Å². The highest BCUT2D eigenvalue weighted by Gasteiger charge is 2.30. The van der Waals surface area contributed by atoms with Crippen LogP contribution in [0.4, 0.5) is 0 Å². The van der Waals surface area contributed by atoms with Crippen molar-refractivity contribution in [2.45, 2.75) is 59.6 Å². The molecule has 0 aliphatic carbocycles. The number of aryl methyl sites for hydroxylation is 1. The van der Waals surface area contributed by atoms with Crippen LogP contribution in [-0.2, 0) is 9.59 Å². The number of likely N-dealkylation sites (tertiary alicyclic amines) is 1. The summed E-state index contributed by atoms with van der Waals surface area (Å²) < 4.78 is 5.84. The fourth-order valence-corrected chi connectivity index (χ4v) is 3.34. The first-order valence-corrected chi connectivity index (χ1v) is 10.1. The van der Waals surface area contributed by atoms with Gasteiger partial charge in [0, 0.05) is 30.1 Å². The molecule has 0 aromatic heterocycles. The molecule has 6 heteroatoms. The van der Waals surface area contributed by atoms with Gasteiger partial charge in [-0.25, -0.2) is 0 Å². The number of nitrogens with one attached hydrogen (secondary N) is 1. The van der Waals surface area contributed by atoms with Gasteiger partial charge in [-0.1, -0.05) is 25.4 Å². The molecule has 0 radical (unpaired) electrons. The molecule has 1 aromatic rings. The maximum absolute atomic E-state index is 12.7. The van der Waals surface area contributed by atoms with Crippen LogP contribution in [0.2, 0.25) is 5.02 Å². The van der Waals surface area contributed by atoms with Gasteiger partial charge >= 0.3 is 0 Å². The van der Waals surface area contributed by atoms with Crippen molar-refractivity contribution < 1.29 is 14.3 Å². The van der Waals surface area contributed by atoms with Crippen LogP contribution in [0, 0.1) is 18.8 Å². The minimum absolute atomic E-state index is 0.0232. The van der Waals surface area contributed by atoms with E-state index in [4.69, 9.17) is 16.3 Å². The number of benzene rings is 1. The van der Waals surface area contributed by atoms with E-state index in [0.717, 1.165) is 5.56 Å². The van der Waals surface area contributed by atoms with Crippen LogP contribution in [0.15, 0.2) is 18.2 Å². The minimum Gasteiger partial charge on any atom is -0.481 e. The van der Waals surface area contributed by atoms with Crippen LogP contribution < -0.4 is 10.1 Å². The van der Waals surface area contributed by atoms with Gasteiger partial charge in [0.1, 0.15) is 5.75 Å². The van der Waals surface area contributed by atoms with Gasteiger partial charge in [-0.15, -0.1) is 0 Å². The smallest absolute Gasteiger partial charge is 0.263 e. The van der Waals surface area contributed by atoms with Gasteiger partial charge in [0.25, 0.3) is 5.91 Å².